The second-order valence-corrected chi connectivity index (χ2v) is 11.5. The molecule has 2 aliphatic rings. The van der Waals surface area contributed by atoms with Gasteiger partial charge in [-0.15, -0.1) is 23.5 Å². The quantitative estimate of drug-likeness (QED) is 0.460. The van der Waals surface area contributed by atoms with Crippen molar-refractivity contribution < 1.29 is 18.9 Å². The maximum Gasteiger partial charge on any atom is 0.163 e. The van der Waals surface area contributed by atoms with Crippen LogP contribution in [-0.2, 0) is 30.5 Å². The van der Waals surface area contributed by atoms with Crippen molar-refractivity contribution in [2.24, 2.45) is 0 Å². The summed E-state index contributed by atoms with van der Waals surface area (Å²) in [6, 6.07) is 21.2. The van der Waals surface area contributed by atoms with Gasteiger partial charge in [0.25, 0.3) is 0 Å². The molecule has 0 N–H and O–H groups in total. The SMILES string of the molecule is CC1(C)OC[C@@H]([C@@H]2OC(C)(C)O[C@H]2C(SCc2ccccc2)SCc2ccccc2)O1. The van der Waals surface area contributed by atoms with Crippen LogP contribution in [-0.4, -0.2) is 41.1 Å². The maximum atomic E-state index is 6.48. The zero-order chi connectivity index (χ0) is 21.9. The zero-order valence-corrected chi connectivity index (χ0v) is 20.3. The third-order valence-electron chi connectivity index (χ3n) is 5.34. The van der Waals surface area contributed by atoms with Gasteiger partial charge in [0, 0.05) is 11.5 Å². The molecule has 4 rings (SSSR count). The number of benzene rings is 2. The summed E-state index contributed by atoms with van der Waals surface area (Å²) >= 11 is 3.83. The van der Waals surface area contributed by atoms with Crippen molar-refractivity contribution in [1.82, 2.24) is 0 Å². The van der Waals surface area contributed by atoms with E-state index >= 15 is 0 Å². The van der Waals surface area contributed by atoms with Crippen LogP contribution in [0.4, 0.5) is 0 Å². The van der Waals surface area contributed by atoms with Gasteiger partial charge < -0.3 is 18.9 Å². The summed E-state index contributed by atoms with van der Waals surface area (Å²) in [4.78, 5) is 0. The van der Waals surface area contributed by atoms with Crippen LogP contribution in [0.2, 0.25) is 0 Å². The molecule has 2 heterocycles. The standard InChI is InChI=1S/C25H32O4S2/c1-24(2)26-15-20(27-24)21-22(29-25(3,4)28-21)23(30-16-18-11-7-5-8-12-18)31-17-19-13-9-6-10-14-19/h5-14,20-23H,15-17H2,1-4H3/t20-,21-,22+/m0/s1. The van der Waals surface area contributed by atoms with Crippen molar-refractivity contribution in [1.29, 1.82) is 0 Å². The molecule has 31 heavy (non-hydrogen) atoms. The highest BCUT2D eigenvalue weighted by Crippen LogP contribution is 2.43. The van der Waals surface area contributed by atoms with Crippen molar-refractivity contribution in [3.8, 4) is 0 Å². The van der Waals surface area contributed by atoms with E-state index in [0.717, 1.165) is 11.5 Å². The smallest absolute Gasteiger partial charge is 0.163 e. The predicted octanol–water partition coefficient (Wildman–Crippen LogP) is 5.85. The van der Waals surface area contributed by atoms with E-state index in [4.69, 9.17) is 18.9 Å². The van der Waals surface area contributed by atoms with Gasteiger partial charge in [-0.3, -0.25) is 0 Å². The molecule has 0 saturated carbocycles. The Bertz CT molecular complexity index is 784. The highest BCUT2D eigenvalue weighted by molar-refractivity contribution is 8.16. The molecule has 3 atom stereocenters. The molecule has 0 unspecified atom stereocenters. The Kier molecular flexibility index (Phi) is 7.36. The van der Waals surface area contributed by atoms with Crippen LogP contribution in [0.3, 0.4) is 0 Å². The van der Waals surface area contributed by atoms with Gasteiger partial charge >= 0.3 is 0 Å². The monoisotopic (exact) mass is 460 g/mol. The lowest BCUT2D eigenvalue weighted by atomic mass is 10.1. The molecule has 2 saturated heterocycles. The van der Waals surface area contributed by atoms with E-state index < -0.39 is 11.6 Å². The summed E-state index contributed by atoms with van der Waals surface area (Å²) in [5, 5.41) is 0. The van der Waals surface area contributed by atoms with E-state index in [1.54, 1.807) is 0 Å². The third-order valence-corrected chi connectivity index (χ3v) is 8.35. The highest BCUT2D eigenvalue weighted by atomic mass is 32.2. The summed E-state index contributed by atoms with van der Waals surface area (Å²) in [5.74, 6) is 0.612. The van der Waals surface area contributed by atoms with Gasteiger partial charge in [-0.25, -0.2) is 0 Å². The van der Waals surface area contributed by atoms with E-state index in [1.165, 1.54) is 11.1 Å². The van der Waals surface area contributed by atoms with Gasteiger partial charge in [0.2, 0.25) is 0 Å². The van der Waals surface area contributed by atoms with E-state index in [1.807, 2.05) is 51.2 Å². The minimum atomic E-state index is -0.649. The molecule has 2 aliphatic heterocycles. The first kappa shape index (κ1) is 23.1. The second kappa shape index (κ2) is 9.86. The molecule has 0 bridgehead atoms. The summed E-state index contributed by atoms with van der Waals surface area (Å²) in [5.41, 5.74) is 2.63. The fourth-order valence-corrected chi connectivity index (χ4v) is 6.63. The first-order chi connectivity index (χ1) is 14.8. The Labute approximate surface area is 194 Å². The first-order valence-corrected chi connectivity index (χ1v) is 12.9. The third kappa shape index (κ3) is 6.28. The Balaban J connectivity index is 1.52. The van der Waals surface area contributed by atoms with Gasteiger partial charge in [0.1, 0.15) is 18.3 Å². The van der Waals surface area contributed by atoms with Crippen LogP contribution in [0.25, 0.3) is 0 Å². The summed E-state index contributed by atoms with van der Waals surface area (Å²) in [6.07, 6.45) is -0.410. The van der Waals surface area contributed by atoms with Crippen molar-refractivity contribution in [2.45, 2.75) is 73.7 Å². The molecule has 0 spiro atoms. The van der Waals surface area contributed by atoms with E-state index in [2.05, 4.69) is 60.7 Å². The summed E-state index contributed by atoms with van der Waals surface area (Å²) in [6.45, 7) is 8.40. The van der Waals surface area contributed by atoms with E-state index in [-0.39, 0.29) is 22.9 Å². The first-order valence-electron chi connectivity index (χ1n) is 10.8. The topological polar surface area (TPSA) is 36.9 Å². The maximum absolute atomic E-state index is 6.48. The van der Waals surface area contributed by atoms with Crippen molar-refractivity contribution in [3.63, 3.8) is 0 Å². The van der Waals surface area contributed by atoms with Gasteiger partial charge in [-0.1, -0.05) is 60.7 Å². The molecule has 2 aromatic carbocycles. The van der Waals surface area contributed by atoms with Crippen LogP contribution < -0.4 is 0 Å². The Morgan fingerprint density at radius 2 is 1.32 bits per heavy atom. The fraction of sp³-hybridized carbons (Fsp3) is 0.520. The summed E-state index contributed by atoms with van der Waals surface area (Å²) < 4.78 is 25.1. The van der Waals surface area contributed by atoms with Crippen LogP contribution in [0, 0.1) is 0 Å². The Morgan fingerprint density at radius 1 is 0.774 bits per heavy atom. The van der Waals surface area contributed by atoms with Crippen molar-refractivity contribution in [3.05, 3.63) is 71.8 Å². The molecule has 4 nitrogen and oxygen atoms in total. The minimum Gasteiger partial charge on any atom is -0.348 e. The highest BCUT2D eigenvalue weighted by Gasteiger charge is 2.52. The molecule has 0 aliphatic carbocycles. The zero-order valence-electron chi connectivity index (χ0n) is 18.7. The second-order valence-electron chi connectivity index (χ2n) is 8.89. The molecule has 2 fully saturated rings. The average molecular weight is 461 g/mol. The molecular formula is C25H32O4S2. The lowest BCUT2D eigenvalue weighted by molar-refractivity contribution is -0.174. The largest absolute Gasteiger partial charge is 0.348 e. The molecule has 6 heteroatoms. The van der Waals surface area contributed by atoms with Crippen LogP contribution in [0.15, 0.2) is 60.7 Å². The number of ether oxygens (including phenoxy) is 4. The minimum absolute atomic E-state index is 0.0973. The Hall–Kier alpha value is -1.02. The predicted molar refractivity (Wildman–Crippen MR) is 128 cm³/mol. The molecule has 0 radical (unpaired) electrons. The number of hydrogen-bond acceptors (Lipinski definition) is 6. The lowest BCUT2D eigenvalue weighted by Gasteiger charge is -2.29. The van der Waals surface area contributed by atoms with Crippen LogP contribution >= 0.6 is 23.5 Å². The number of thioether (sulfide) groups is 2. The number of rotatable bonds is 8. The molecule has 168 valence electrons. The number of hydrogen-bond donors (Lipinski definition) is 0. The van der Waals surface area contributed by atoms with Crippen LogP contribution in [0.5, 0.6) is 0 Å². The van der Waals surface area contributed by atoms with E-state index in [9.17, 15) is 0 Å². The molecule has 0 aromatic heterocycles. The Morgan fingerprint density at radius 3 is 1.81 bits per heavy atom. The lowest BCUT2D eigenvalue weighted by Crippen LogP contribution is -2.42. The molecule has 2 aromatic rings. The molecular weight excluding hydrogens is 428 g/mol. The van der Waals surface area contributed by atoms with Crippen molar-refractivity contribution >= 4 is 23.5 Å². The average Bonchev–Trinajstić information content (AvgIpc) is 3.27. The van der Waals surface area contributed by atoms with Gasteiger partial charge in [0.05, 0.1) is 11.2 Å². The van der Waals surface area contributed by atoms with Gasteiger partial charge in [-0.05, 0) is 38.8 Å². The van der Waals surface area contributed by atoms with Gasteiger partial charge in [-0.2, -0.15) is 0 Å². The molecule has 0 amide bonds. The van der Waals surface area contributed by atoms with Crippen LogP contribution in [0.1, 0.15) is 38.8 Å². The van der Waals surface area contributed by atoms with Crippen molar-refractivity contribution in [2.75, 3.05) is 6.61 Å². The fourth-order valence-electron chi connectivity index (χ4n) is 3.94. The van der Waals surface area contributed by atoms with Gasteiger partial charge in [0.15, 0.2) is 11.6 Å². The summed E-state index contributed by atoms with van der Waals surface area (Å²) in [7, 11) is 0. The van der Waals surface area contributed by atoms with E-state index in [0.29, 0.717) is 6.61 Å². The normalized spacial score (nSPS) is 27.1.